The number of carbonyl (C=O) groups is 4. The number of nitrogens with one attached hydrogen (secondary N) is 2. The lowest BCUT2D eigenvalue weighted by atomic mass is 10.0. The van der Waals surface area contributed by atoms with E-state index in [2.05, 4.69) is 15.5 Å². The van der Waals surface area contributed by atoms with Crippen LogP contribution in [-0.2, 0) is 19.1 Å². The number of piperazine rings is 1. The van der Waals surface area contributed by atoms with Gasteiger partial charge in [0.15, 0.2) is 5.78 Å². The van der Waals surface area contributed by atoms with Crippen LogP contribution in [0.5, 0.6) is 0 Å². The number of methoxy groups -OCH3 is 1. The smallest absolute Gasteiger partial charge is 0.251 e. The maximum atomic E-state index is 13.8. The van der Waals surface area contributed by atoms with Crippen molar-refractivity contribution < 1.29 is 23.9 Å². The average Bonchev–Trinajstić information content (AvgIpc) is 3.53. The highest BCUT2D eigenvalue weighted by Gasteiger charge is 2.52. The van der Waals surface area contributed by atoms with Crippen LogP contribution >= 0.6 is 0 Å². The first-order chi connectivity index (χ1) is 19.2. The van der Waals surface area contributed by atoms with Crippen LogP contribution in [0.25, 0.3) is 0 Å². The minimum Gasteiger partial charge on any atom is -0.384 e. The zero-order chi connectivity index (χ0) is 28.8. The molecule has 4 rings (SSSR count). The van der Waals surface area contributed by atoms with E-state index in [-0.39, 0.29) is 47.9 Å². The predicted octanol–water partition coefficient (Wildman–Crippen LogP) is 1.68. The maximum absolute atomic E-state index is 13.8. The molecule has 3 amide bonds. The summed E-state index contributed by atoms with van der Waals surface area (Å²) in [5, 5.41) is 6.30. The van der Waals surface area contributed by atoms with E-state index in [9.17, 15) is 19.2 Å². The van der Waals surface area contributed by atoms with E-state index in [1.54, 1.807) is 29.0 Å². The van der Waals surface area contributed by atoms with Crippen molar-refractivity contribution in [1.82, 2.24) is 20.4 Å². The number of Topliss-reactive ketones (excluding diaryl/α,β-unsaturated/α-hetero) is 1. The van der Waals surface area contributed by atoms with Crippen molar-refractivity contribution in [3.8, 4) is 0 Å². The topological polar surface area (TPSA) is 111 Å². The molecule has 3 fully saturated rings. The number of hydrogen-bond acceptors (Lipinski definition) is 7. The van der Waals surface area contributed by atoms with Gasteiger partial charge in [-0.3, -0.25) is 19.2 Å². The van der Waals surface area contributed by atoms with Crippen molar-refractivity contribution in [2.24, 2.45) is 11.8 Å². The Hall–Kier alpha value is -2.98. The number of nitrogens with zero attached hydrogens (tertiary/aromatic N) is 3. The van der Waals surface area contributed by atoms with Crippen molar-refractivity contribution in [2.75, 3.05) is 57.9 Å². The van der Waals surface area contributed by atoms with Crippen LogP contribution in [0, 0.1) is 11.8 Å². The van der Waals surface area contributed by atoms with Crippen LogP contribution in [0.1, 0.15) is 56.8 Å². The molecule has 10 heteroatoms. The normalized spacial score (nSPS) is 22.4. The van der Waals surface area contributed by atoms with Crippen LogP contribution in [0.2, 0.25) is 0 Å². The van der Waals surface area contributed by atoms with E-state index >= 15 is 0 Å². The van der Waals surface area contributed by atoms with Crippen molar-refractivity contribution in [3.63, 3.8) is 0 Å². The number of carbonyl (C=O) groups excluding carboxylic acids is 4. The Morgan fingerprint density at radius 3 is 2.38 bits per heavy atom. The van der Waals surface area contributed by atoms with Crippen LogP contribution in [0.3, 0.4) is 0 Å². The van der Waals surface area contributed by atoms with Gasteiger partial charge >= 0.3 is 0 Å². The van der Waals surface area contributed by atoms with E-state index in [1.165, 1.54) is 0 Å². The van der Waals surface area contributed by atoms with Gasteiger partial charge in [0, 0.05) is 51.1 Å². The lowest BCUT2D eigenvalue weighted by Crippen LogP contribution is -2.53. The molecule has 220 valence electrons. The van der Waals surface area contributed by atoms with Crippen molar-refractivity contribution in [3.05, 3.63) is 29.8 Å². The minimum atomic E-state index is -0.752. The monoisotopic (exact) mass is 555 g/mol. The van der Waals surface area contributed by atoms with Crippen molar-refractivity contribution in [1.29, 1.82) is 0 Å². The second-order valence-corrected chi connectivity index (χ2v) is 11.6. The molecule has 3 saturated heterocycles. The summed E-state index contributed by atoms with van der Waals surface area (Å²) in [5.74, 6) is -0.888. The van der Waals surface area contributed by atoms with Crippen molar-refractivity contribution in [2.45, 2.75) is 64.6 Å². The first kappa shape index (κ1) is 30.0. The molecule has 4 atom stereocenters. The van der Waals surface area contributed by atoms with E-state index in [0.717, 1.165) is 38.3 Å². The molecule has 1 aromatic rings. The largest absolute Gasteiger partial charge is 0.384 e. The van der Waals surface area contributed by atoms with Gasteiger partial charge in [0.25, 0.3) is 5.91 Å². The van der Waals surface area contributed by atoms with Gasteiger partial charge in [-0.25, -0.2) is 0 Å². The zero-order valence-corrected chi connectivity index (χ0v) is 24.4. The second kappa shape index (κ2) is 13.6. The highest BCUT2D eigenvalue weighted by Crippen LogP contribution is 2.32. The predicted molar refractivity (Wildman–Crippen MR) is 153 cm³/mol. The third-order valence-corrected chi connectivity index (χ3v) is 8.26. The van der Waals surface area contributed by atoms with Gasteiger partial charge in [-0.2, -0.15) is 0 Å². The Morgan fingerprint density at radius 1 is 1.05 bits per heavy atom. The third-order valence-electron chi connectivity index (χ3n) is 8.26. The lowest BCUT2D eigenvalue weighted by Gasteiger charge is -2.30. The van der Waals surface area contributed by atoms with Crippen LogP contribution in [-0.4, -0.2) is 104 Å². The van der Waals surface area contributed by atoms with Gasteiger partial charge in [-0.15, -0.1) is 0 Å². The van der Waals surface area contributed by atoms with Gasteiger partial charge in [0.1, 0.15) is 12.1 Å². The van der Waals surface area contributed by atoms with E-state index < -0.39 is 12.1 Å². The summed E-state index contributed by atoms with van der Waals surface area (Å²) < 4.78 is 5.27. The van der Waals surface area contributed by atoms with Crippen LogP contribution < -0.4 is 15.5 Å². The fraction of sp³-hybridized carbons (Fsp3) is 0.667. The molecule has 3 heterocycles. The Balaban J connectivity index is 1.45. The van der Waals surface area contributed by atoms with E-state index in [0.29, 0.717) is 38.0 Å². The second-order valence-electron chi connectivity index (χ2n) is 11.6. The molecule has 40 heavy (non-hydrogen) atoms. The Labute approximate surface area is 237 Å². The quantitative estimate of drug-likeness (QED) is 0.428. The first-order valence-electron chi connectivity index (χ1n) is 14.7. The first-order valence-corrected chi connectivity index (χ1v) is 14.7. The molecular formula is C30H45N5O5. The Bertz CT molecular complexity index is 1050. The summed E-state index contributed by atoms with van der Waals surface area (Å²) in [6.07, 6.45) is 2.54. The number of rotatable bonds is 11. The van der Waals surface area contributed by atoms with Gasteiger partial charge in [-0.1, -0.05) is 27.2 Å². The highest BCUT2D eigenvalue weighted by atomic mass is 16.5. The maximum Gasteiger partial charge on any atom is 0.251 e. The molecule has 1 aromatic carbocycles. The fourth-order valence-corrected chi connectivity index (χ4v) is 6.30. The standard InChI is InChI=1S/C30H45N5O5/c1-5-6-22(19-40-4)29(38)35-18-26(36)27-25(35)11-14-34(27)30(39)24(17-20(2)3)32-28(37)21-7-9-23(10-8-21)33-15-12-31-13-16-33/h7-10,20,22,24-25,27,31H,5-6,11-19H2,1-4H3,(H,32,37). The molecule has 0 aromatic heterocycles. The SMILES string of the molecule is CCCC(COC)C(=O)N1CC(=O)C2C1CCN2C(=O)C(CC(C)C)NC(=O)c1ccc(N2CCNCC2)cc1. The molecular weight excluding hydrogens is 510 g/mol. The number of fused-ring (bicyclic) bond motifs is 1. The van der Waals surface area contributed by atoms with Gasteiger partial charge < -0.3 is 30.1 Å². The number of likely N-dealkylation sites (tertiary alicyclic amines) is 2. The molecule has 0 radical (unpaired) electrons. The van der Waals surface area contributed by atoms with Gasteiger partial charge in [-0.05, 0) is 49.4 Å². The number of hydrogen-bond donors (Lipinski definition) is 2. The number of ketones is 1. The molecule has 0 bridgehead atoms. The summed E-state index contributed by atoms with van der Waals surface area (Å²) in [4.78, 5) is 59.1. The van der Waals surface area contributed by atoms with Crippen LogP contribution in [0.4, 0.5) is 5.69 Å². The number of ether oxygens (including phenoxy) is 1. The molecule has 0 aliphatic carbocycles. The van der Waals surface area contributed by atoms with E-state index in [1.807, 2.05) is 32.9 Å². The zero-order valence-electron chi connectivity index (χ0n) is 24.4. The molecule has 10 nitrogen and oxygen atoms in total. The molecule has 3 aliphatic rings. The summed E-state index contributed by atoms with van der Waals surface area (Å²) in [7, 11) is 1.58. The fourth-order valence-electron chi connectivity index (χ4n) is 6.30. The molecule has 4 unspecified atom stereocenters. The third kappa shape index (κ3) is 6.66. The number of benzene rings is 1. The summed E-state index contributed by atoms with van der Waals surface area (Å²) in [6.45, 7) is 10.5. The molecule has 3 aliphatic heterocycles. The average molecular weight is 556 g/mol. The molecule has 0 spiro atoms. The Morgan fingerprint density at radius 2 is 1.75 bits per heavy atom. The number of amides is 3. The highest BCUT2D eigenvalue weighted by molar-refractivity contribution is 6.01. The summed E-state index contributed by atoms with van der Waals surface area (Å²) in [5.41, 5.74) is 1.56. The van der Waals surface area contributed by atoms with Gasteiger partial charge in [0.2, 0.25) is 11.8 Å². The minimum absolute atomic E-state index is 0.0164. The summed E-state index contributed by atoms with van der Waals surface area (Å²) >= 11 is 0. The summed E-state index contributed by atoms with van der Waals surface area (Å²) in [6, 6.07) is 5.75. The molecule has 2 N–H and O–H groups in total. The molecule has 0 saturated carbocycles. The lowest BCUT2D eigenvalue weighted by molar-refractivity contribution is -0.139. The van der Waals surface area contributed by atoms with E-state index in [4.69, 9.17) is 4.74 Å². The van der Waals surface area contributed by atoms with Crippen molar-refractivity contribution >= 4 is 29.2 Å². The number of anilines is 1. The van der Waals surface area contributed by atoms with Gasteiger partial charge in [0.05, 0.1) is 25.1 Å². The Kier molecular flexibility index (Phi) is 10.2. The van der Waals surface area contributed by atoms with Crippen LogP contribution in [0.15, 0.2) is 24.3 Å².